The highest BCUT2D eigenvalue weighted by molar-refractivity contribution is 5.79. The van der Waals surface area contributed by atoms with Crippen LogP contribution in [0.1, 0.15) is 18.3 Å². The number of nitrogens with zero attached hydrogens (tertiary/aromatic N) is 4. The van der Waals surface area contributed by atoms with Gasteiger partial charge in [0.15, 0.2) is 17.5 Å². The Balaban J connectivity index is 1.34. The molecule has 0 bridgehead atoms. The zero-order valence-electron chi connectivity index (χ0n) is 17.2. The van der Waals surface area contributed by atoms with Crippen LogP contribution in [-0.4, -0.2) is 46.3 Å². The number of fused-ring (bicyclic) bond motifs is 1. The van der Waals surface area contributed by atoms with Crippen molar-refractivity contribution in [3.8, 4) is 17.3 Å². The van der Waals surface area contributed by atoms with Crippen molar-refractivity contribution in [3.05, 3.63) is 66.4 Å². The summed E-state index contributed by atoms with van der Waals surface area (Å²) in [6.07, 6.45) is 5.43. The molecule has 0 radical (unpaired) electrons. The fraction of sp³-hybridized carbons (Fsp3) is 0.318. The predicted octanol–water partition coefficient (Wildman–Crippen LogP) is 2.47. The second-order valence-electron chi connectivity index (χ2n) is 6.94. The number of hydrogen-bond acceptors (Lipinski definition) is 5. The summed E-state index contributed by atoms with van der Waals surface area (Å²) in [5.74, 6) is 4.04. The SMILES string of the molecule is CCNC(=NCc1ccc(-n2ccnc2C)nc1)NCC1COc2ccccc2O1. The average molecular weight is 406 g/mol. The van der Waals surface area contributed by atoms with E-state index in [1.165, 1.54) is 0 Å². The molecule has 3 heterocycles. The van der Waals surface area contributed by atoms with Crippen LogP contribution in [0.25, 0.3) is 5.82 Å². The van der Waals surface area contributed by atoms with Crippen molar-refractivity contribution in [1.82, 2.24) is 25.2 Å². The molecule has 1 aliphatic rings. The lowest BCUT2D eigenvalue weighted by atomic mass is 10.2. The lowest BCUT2D eigenvalue weighted by Gasteiger charge is -2.27. The number of para-hydroxylation sites is 2. The predicted molar refractivity (Wildman–Crippen MR) is 115 cm³/mol. The lowest BCUT2D eigenvalue weighted by molar-refractivity contribution is 0.0936. The van der Waals surface area contributed by atoms with Crippen molar-refractivity contribution < 1.29 is 9.47 Å². The van der Waals surface area contributed by atoms with Gasteiger partial charge in [-0.25, -0.2) is 15.0 Å². The summed E-state index contributed by atoms with van der Waals surface area (Å²) in [4.78, 5) is 13.4. The van der Waals surface area contributed by atoms with Crippen molar-refractivity contribution in [2.24, 2.45) is 4.99 Å². The molecule has 30 heavy (non-hydrogen) atoms. The highest BCUT2D eigenvalue weighted by atomic mass is 16.6. The van der Waals surface area contributed by atoms with Crippen LogP contribution in [0.5, 0.6) is 11.5 Å². The van der Waals surface area contributed by atoms with Crippen LogP contribution >= 0.6 is 0 Å². The molecule has 0 spiro atoms. The lowest BCUT2D eigenvalue weighted by Crippen LogP contribution is -2.45. The molecule has 0 saturated heterocycles. The molecule has 8 heteroatoms. The molecule has 0 aliphatic carbocycles. The van der Waals surface area contributed by atoms with Gasteiger partial charge in [-0.1, -0.05) is 18.2 Å². The fourth-order valence-corrected chi connectivity index (χ4v) is 3.16. The number of pyridine rings is 1. The van der Waals surface area contributed by atoms with Crippen LogP contribution in [0.2, 0.25) is 0 Å². The minimum Gasteiger partial charge on any atom is -0.486 e. The molecule has 4 rings (SSSR count). The first-order chi connectivity index (χ1) is 14.7. The van der Waals surface area contributed by atoms with Crippen molar-refractivity contribution in [3.63, 3.8) is 0 Å². The van der Waals surface area contributed by atoms with Gasteiger partial charge in [-0.3, -0.25) is 4.57 Å². The van der Waals surface area contributed by atoms with Crippen molar-refractivity contribution in [2.75, 3.05) is 19.7 Å². The van der Waals surface area contributed by atoms with E-state index in [0.29, 0.717) is 19.7 Å². The summed E-state index contributed by atoms with van der Waals surface area (Å²) >= 11 is 0. The average Bonchev–Trinajstić information content (AvgIpc) is 3.21. The van der Waals surface area contributed by atoms with Gasteiger partial charge < -0.3 is 20.1 Å². The molecule has 3 aromatic rings. The second-order valence-corrected chi connectivity index (χ2v) is 6.94. The fourth-order valence-electron chi connectivity index (χ4n) is 3.16. The summed E-state index contributed by atoms with van der Waals surface area (Å²) in [6, 6.07) is 11.7. The highest BCUT2D eigenvalue weighted by Crippen LogP contribution is 2.30. The van der Waals surface area contributed by atoms with Gasteiger partial charge in [0, 0.05) is 25.1 Å². The van der Waals surface area contributed by atoms with Gasteiger partial charge in [0.05, 0.1) is 13.1 Å². The molecule has 1 aliphatic heterocycles. The van der Waals surface area contributed by atoms with E-state index in [1.807, 2.05) is 67.2 Å². The maximum Gasteiger partial charge on any atom is 0.191 e. The van der Waals surface area contributed by atoms with Crippen molar-refractivity contribution in [2.45, 2.75) is 26.5 Å². The van der Waals surface area contributed by atoms with Gasteiger partial charge in [0.1, 0.15) is 24.4 Å². The number of ether oxygens (including phenoxy) is 2. The third kappa shape index (κ3) is 4.71. The normalized spacial score (nSPS) is 15.7. The van der Waals surface area contributed by atoms with E-state index in [-0.39, 0.29) is 6.10 Å². The molecule has 0 amide bonds. The van der Waals surface area contributed by atoms with E-state index in [9.17, 15) is 0 Å². The Labute approximate surface area is 176 Å². The summed E-state index contributed by atoms with van der Waals surface area (Å²) in [6.45, 7) is 6.38. The van der Waals surface area contributed by atoms with Crippen LogP contribution in [0.3, 0.4) is 0 Å². The zero-order chi connectivity index (χ0) is 20.8. The molecular weight excluding hydrogens is 380 g/mol. The number of aryl methyl sites for hydroxylation is 1. The highest BCUT2D eigenvalue weighted by Gasteiger charge is 2.20. The number of imidazole rings is 1. The van der Waals surface area contributed by atoms with E-state index < -0.39 is 0 Å². The third-order valence-electron chi connectivity index (χ3n) is 4.71. The maximum atomic E-state index is 5.99. The Kier molecular flexibility index (Phi) is 6.12. The standard InChI is InChI=1S/C22H26N6O2/c1-3-23-22(27-14-18-15-29-19-6-4-5-7-20(19)30-18)26-13-17-8-9-21(25-12-17)28-11-10-24-16(28)2/h4-12,18H,3,13-15H2,1-2H3,(H2,23,26,27). The quantitative estimate of drug-likeness (QED) is 0.483. The van der Waals surface area contributed by atoms with Crippen LogP contribution in [0.15, 0.2) is 60.0 Å². The second kappa shape index (κ2) is 9.30. The summed E-state index contributed by atoms with van der Waals surface area (Å²) < 4.78 is 13.7. The smallest absolute Gasteiger partial charge is 0.191 e. The molecule has 2 aromatic heterocycles. The number of hydrogen-bond donors (Lipinski definition) is 2. The number of aromatic nitrogens is 3. The van der Waals surface area contributed by atoms with Crippen LogP contribution < -0.4 is 20.1 Å². The molecule has 1 unspecified atom stereocenters. The van der Waals surface area contributed by atoms with Gasteiger partial charge in [0.2, 0.25) is 0 Å². The van der Waals surface area contributed by atoms with E-state index in [1.54, 1.807) is 6.20 Å². The Morgan fingerprint density at radius 3 is 2.77 bits per heavy atom. The first kappa shape index (κ1) is 19.8. The Hall–Kier alpha value is -3.55. The summed E-state index contributed by atoms with van der Waals surface area (Å²) in [7, 11) is 0. The van der Waals surface area contributed by atoms with E-state index in [4.69, 9.17) is 9.47 Å². The number of guanidine groups is 1. The topological polar surface area (TPSA) is 85.6 Å². The van der Waals surface area contributed by atoms with Crippen LogP contribution in [0.4, 0.5) is 0 Å². The molecular formula is C22H26N6O2. The van der Waals surface area contributed by atoms with Crippen molar-refractivity contribution in [1.29, 1.82) is 0 Å². The number of nitrogens with one attached hydrogen (secondary N) is 2. The first-order valence-corrected chi connectivity index (χ1v) is 10.1. The molecule has 0 saturated carbocycles. The van der Waals surface area contributed by atoms with Crippen LogP contribution in [0, 0.1) is 6.92 Å². The zero-order valence-corrected chi connectivity index (χ0v) is 17.2. The Bertz CT molecular complexity index is 999. The number of aliphatic imine (C=N–C) groups is 1. The Morgan fingerprint density at radius 1 is 1.17 bits per heavy atom. The van der Waals surface area contributed by atoms with Gasteiger partial charge in [-0.2, -0.15) is 0 Å². The van der Waals surface area contributed by atoms with Gasteiger partial charge >= 0.3 is 0 Å². The summed E-state index contributed by atoms with van der Waals surface area (Å²) in [5, 5.41) is 6.60. The van der Waals surface area contributed by atoms with Gasteiger partial charge in [-0.15, -0.1) is 0 Å². The van der Waals surface area contributed by atoms with E-state index in [2.05, 4.69) is 25.6 Å². The minimum atomic E-state index is -0.0804. The molecule has 1 atom stereocenters. The number of benzene rings is 1. The first-order valence-electron chi connectivity index (χ1n) is 10.1. The van der Waals surface area contributed by atoms with Gasteiger partial charge in [0.25, 0.3) is 0 Å². The molecule has 0 fully saturated rings. The molecule has 156 valence electrons. The largest absolute Gasteiger partial charge is 0.486 e. The minimum absolute atomic E-state index is 0.0804. The molecule has 8 nitrogen and oxygen atoms in total. The third-order valence-corrected chi connectivity index (χ3v) is 4.71. The van der Waals surface area contributed by atoms with E-state index in [0.717, 1.165) is 41.2 Å². The number of rotatable bonds is 6. The Morgan fingerprint density at radius 2 is 2.03 bits per heavy atom. The van der Waals surface area contributed by atoms with E-state index >= 15 is 0 Å². The monoisotopic (exact) mass is 406 g/mol. The molecule has 2 N–H and O–H groups in total. The molecule has 1 aromatic carbocycles. The van der Waals surface area contributed by atoms with Crippen LogP contribution in [-0.2, 0) is 6.54 Å². The van der Waals surface area contributed by atoms with Crippen molar-refractivity contribution >= 4 is 5.96 Å². The maximum absolute atomic E-state index is 5.99. The summed E-state index contributed by atoms with van der Waals surface area (Å²) in [5.41, 5.74) is 1.03. The van der Waals surface area contributed by atoms with Gasteiger partial charge in [-0.05, 0) is 37.6 Å².